The molecular weight excluding hydrogens is 202 g/mol. The Morgan fingerprint density at radius 2 is 1.94 bits per heavy atom. The van der Waals surface area contributed by atoms with Crippen LogP contribution in [0, 0.1) is 6.92 Å². The first-order valence-electron chi connectivity index (χ1n) is 5.62. The maximum Gasteiger partial charge on any atom is 0.251 e. The van der Waals surface area contributed by atoms with Crippen LogP contribution >= 0.6 is 0 Å². The Kier molecular flexibility index (Phi) is 7.21. The van der Waals surface area contributed by atoms with Crippen molar-refractivity contribution < 1.29 is 9.90 Å². The molecule has 0 spiro atoms. The van der Waals surface area contributed by atoms with Crippen LogP contribution in [0.1, 0.15) is 36.7 Å². The van der Waals surface area contributed by atoms with Gasteiger partial charge >= 0.3 is 0 Å². The fourth-order valence-electron chi connectivity index (χ4n) is 1.17. The summed E-state index contributed by atoms with van der Waals surface area (Å²) in [7, 11) is 0. The van der Waals surface area contributed by atoms with Crippen LogP contribution in [0.15, 0.2) is 24.3 Å². The Hall–Kier alpha value is -1.35. The smallest absolute Gasteiger partial charge is 0.251 e. The van der Waals surface area contributed by atoms with E-state index in [0.717, 1.165) is 5.56 Å². The molecule has 16 heavy (non-hydrogen) atoms. The number of hydrogen-bond donors (Lipinski definition) is 2. The van der Waals surface area contributed by atoms with Gasteiger partial charge in [0.1, 0.15) is 0 Å². The second-order valence-corrected chi connectivity index (χ2v) is 3.37. The highest BCUT2D eigenvalue weighted by Crippen LogP contribution is 2.06. The molecule has 0 aliphatic carbocycles. The normalized spacial score (nSPS) is 11.1. The molecule has 0 heterocycles. The number of carbonyl (C=O) groups is 1. The van der Waals surface area contributed by atoms with E-state index in [-0.39, 0.29) is 18.6 Å². The molecule has 0 aromatic heterocycles. The Labute approximate surface area is 97.5 Å². The Balaban J connectivity index is 0.00000106. The van der Waals surface area contributed by atoms with Crippen molar-refractivity contribution in [2.75, 3.05) is 6.61 Å². The molecule has 2 N–H and O–H groups in total. The predicted octanol–water partition coefficient (Wildman–Crippen LogP) is 2.13. The average Bonchev–Trinajstić information content (AvgIpc) is 2.32. The molecule has 1 unspecified atom stereocenters. The minimum absolute atomic E-state index is 0.0440. The molecule has 90 valence electrons. The topological polar surface area (TPSA) is 49.3 Å². The summed E-state index contributed by atoms with van der Waals surface area (Å²) >= 11 is 0. The van der Waals surface area contributed by atoms with E-state index in [2.05, 4.69) is 5.32 Å². The summed E-state index contributed by atoms with van der Waals surface area (Å²) in [6.07, 6.45) is 0. The fraction of sp³-hybridized carbons (Fsp3) is 0.462. The van der Waals surface area contributed by atoms with E-state index in [9.17, 15) is 4.79 Å². The monoisotopic (exact) mass is 223 g/mol. The number of hydrogen-bond acceptors (Lipinski definition) is 2. The first kappa shape index (κ1) is 14.6. The van der Waals surface area contributed by atoms with Gasteiger partial charge in [-0.05, 0) is 25.5 Å². The highest BCUT2D eigenvalue weighted by molar-refractivity contribution is 5.95. The first-order chi connectivity index (χ1) is 7.65. The third-order valence-electron chi connectivity index (χ3n) is 2.04. The molecule has 0 saturated heterocycles. The molecule has 0 radical (unpaired) electrons. The van der Waals surface area contributed by atoms with Crippen LogP contribution in [-0.2, 0) is 0 Å². The van der Waals surface area contributed by atoms with Crippen molar-refractivity contribution in [2.24, 2.45) is 0 Å². The summed E-state index contributed by atoms with van der Waals surface area (Å²) in [5.74, 6) is -0.135. The van der Waals surface area contributed by atoms with Crippen molar-refractivity contribution in [3.8, 4) is 0 Å². The number of carbonyl (C=O) groups excluding carboxylic acids is 1. The molecule has 1 amide bonds. The van der Waals surface area contributed by atoms with Crippen LogP contribution in [0.25, 0.3) is 0 Å². The van der Waals surface area contributed by atoms with Gasteiger partial charge in [0.15, 0.2) is 0 Å². The lowest BCUT2D eigenvalue weighted by Gasteiger charge is -2.11. The van der Waals surface area contributed by atoms with Crippen molar-refractivity contribution in [1.82, 2.24) is 5.32 Å². The summed E-state index contributed by atoms with van der Waals surface area (Å²) < 4.78 is 0. The molecule has 3 nitrogen and oxygen atoms in total. The molecule has 0 fully saturated rings. The van der Waals surface area contributed by atoms with E-state index in [1.807, 2.05) is 39.0 Å². The van der Waals surface area contributed by atoms with Crippen molar-refractivity contribution in [3.05, 3.63) is 35.4 Å². The number of aliphatic hydroxyl groups is 1. The molecule has 1 aromatic rings. The van der Waals surface area contributed by atoms with Gasteiger partial charge in [0, 0.05) is 11.6 Å². The van der Waals surface area contributed by atoms with Crippen molar-refractivity contribution in [1.29, 1.82) is 0 Å². The van der Waals surface area contributed by atoms with Gasteiger partial charge in [-0.2, -0.15) is 0 Å². The molecule has 0 aliphatic heterocycles. The quantitative estimate of drug-likeness (QED) is 0.824. The Morgan fingerprint density at radius 1 is 1.38 bits per heavy atom. The molecular formula is C13H21NO2. The number of benzene rings is 1. The van der Waals surface area contributed by atoms with Gasteiger partial charge in [-0.15, -0.1) is 0 Å². The Bertz CT molecular complexity index is 323. The van der Waals surface area contributed by atoms with Gasteiger partial charge < -0.3 is 10.4 Å². The summed E-state index contributed by atoms with van der Waals surface area (Å²) in [6.45, 7) is 7.60. The number of nitrogens with one attached hydrogen (secondary N) is 1. The maximum atomic E-state index is 11.6. The predicted molar refractivity (Wildman–Crippen MR) is 66.5 cm³/mol. The third-order valence-corrected chi connectivity index (χ3v) is 2.04. The highest BCUT2D eigenvalue weighted by Gasteiger charge is 2.10. The largest absolute Gasteiger partial charge is 0.394 e. The lowest BCUT2D eigenvalue weighted by molar-refractivity contribution is 0.0921. The summed E-state index contributed by atoms with van der Waals surface area (Å²) in [4.78, 5) is 11.6. The van der Waals surface area contributed by atoms with E-state index >= 15 is 0 Å². The SMILES string of the molecule is CC.Cc1ccccc1C(=O)NC(C)CO. The maximum absolute atomic E-state index is 11.6. The van der Waals surface area contributed by atoms with Crippen LogP contribution in [0.2, 0.25) is 0 Å². The molecule has 0 aliphatic rings. The lowest BCUT2D eigenvalue weighted by atomic mass is 10.1. The third kappa shape index (κ3) is 4.45. The zero-order valence-corrected chi connectivity index (χ0v) is 10.4. The zero-order valence-electron chi connectivity index (χ0n) is 10.4. The molecule has 1 atom stereocenters. The van der Waals surface area contributed by atoms with Gasteiger partial charge in [0.05, 0.1) is 6.61 Å². The molecule has 3 heteroatoms. The first-order valence-corrected chi connectivity index (χ1v) is 5.62. The minimum atomic E-state index is -0.206. The van der Waals surface area contributed by atoms with E-state index in [1.54, 1.807) is 13.0 Å². The van der Waals surface area contributed by atoms with Gasteiger partial charge in [-0.1, -0.05) is 32.0 Å². The lowest BCUT2D eigenvalue weighted by Crippen LogP contribution is -2.35. The zero-order chi connectivity index (χ0) is 12.6. The van der Waals surface area contributed by atoms with E-state index in [0.29, 0.717) is 5.56 Å². The number of aryl methyl sites for hydroxylation is 1. The average molecular weight is 223 g/mol. The second-order valence-electron chi connectivity index (χ2n) is 3.37. The van der Waals surface area contributed by atoms with E-state index in [1.165, 1.54) is 0 Å². The number of aliphatic hydroxyl groups excluding tert-OH is 1. The summed E-state index contributed by atoms with van der Waals surface area (Å²) in [5, 5.41) is 11.5. The van der Waals surface area contributed by atoms with Crippen molar-refractivity contribution in [2.45, 2.75) is 33.7 Å². The molecule has 0 saturated carbocycles. The summed E-state index contributed by atoms with van der Waals surface area (Å²) in [6, 6.07) is 7.17. The number of rotatable bonds is 3. The Morgan fingerprint density at radius 3 is 2.44 bits per heavy atom. The van der Waals surface area contributed by atoms with Gasteiger partial charge in [0.2, 0.25) is 0 Å². The molecule has 1 rings (SSSR count). The van der Waals surface area contributed by atoms with Gasteiger partial charge in [0.25, 0.3) is 5.91 Å². The van der Waals surface area contributed by atoms with E-state index < -0.39 is 0 Å². The number of amides is 1. The molecule has 0 bridgehead atoms. The highest BCUT2D eigenvalue weighted by atomic mass is 16.3. The van der Waals surface area contributed by atoms with Crippen molar-refractivity contribution >= 4 is 5.91 Å². The van der Waals surface area contributed by atoms with E-state index in [4.69, 9.17) is 5.11 Å². The van der Waals surface area contributed by atoms with Crippen molar-refractivity contribution in [3.63, 3.8) is 0 Å². The fourth-order valence-corrected chi connectivity index (χ4v) is 1.17. The standard InChI is InChI=1S/C11H15NO2.C2H6/c1-8-5-3-4-6-10(8)11(14)12-9(2)7-13;1-2/h3-6,9,13H,7H2,1-2H3,(H,12,14);1-2H3. The summed E-state index contributed by atoms with van der Waals surface area (Å²) in [5.41, 5.74) is 1.60. The van der Waals surface area contributed by atoms with Crippen LogP contribution < -0.4 is 5.32 Å². The van der Waals surface area contributed by atoms with Gasteiger partial charge in [-0.3, -0.25) is 4.79 Å². The second kappa shape index (κ2) is 7.88. The van der Waals surface area contributed by atoms with Gasteiger partial charge in [-0.25, -0.2) is 0 Å². The van der Waals surface area contributed by atoms with Crippen LogP contribution in [0.5, 0.6) is 0 Å². The molecule has 1 aromatic carbocycles. The van der Waals surface area contributed by atoms with Crippen LogP contribution in [0.3, 0.4) is 0 Å². The van der Waals surface area contributed by atoms with Crippen LogP contribution in [0.4, 0.5) is 0 Å². The minimum Gasteiger partial charge on any atom is -0.394 e. The van der Waals surface area contributed by atoms with Crippen LogP contribution in [-0.4, -0.2) is 23.7 Å².